The summed E-state index contributed by atoms with van der Waals surface area (Å²) in [5.41, 5.74) is 0.748. The topological polar surface area (TPSA) is 110 Å². The zero-order valence-electron chi connectivity index (χ0n) is 12.0. The molecule has 0 bridgehead atoms. The van der Waals surface area contributed by atoms with Crippen LogP contribution in [-0.2, 0) is 0 Å². The van der Waals surface area contributed by atoms with E-state index in [0.717, 1.165) is 5.56 Å². The fraction of sp³-hybridized carbons (Fsp3) is 0.286. The zero-order chi connectivity index (χ0) is 15.9. The molecule has 2 aromatic heterocycles. The number of hydrogen-bond donors (Lipinski definition) is 2. The highest BCUT2D eigenvalue weighted by atomic mass is 16.6. The Labute approximate surface area is 126 Å². The van der Waals surface area contributed by atoms with Crippen LogP contribution in [0.3, 0.4) is 0 Å². The number of anilines is 1. The summed E-state index contributed by atoms with van der Waals surface area (Å²) in [5, 5.41) is 16.3. The number of pyridine rings is 1. The maximum Gasteiger partial charge on any atom is 0.287 e. The number of nitrogens with zero attached hydrogens (tertiary/aromatic N) is 2. The van der Waals surface area contributed by atoms with Gasteiger partial charge in [0.05, 0.1) is 11.2 Å². The SMILES string of the molecule is Cc1ccoc1C(=O)NCCCNc1ccc([N+](=O)[O-])cn1. The first-order valence-electron chi connectivity index (χ1n) is 6.74. The highest BCUT2D eigenvalue weighted by Gasteiger charge is 2.11. The van der Waals surface area contributed by atoms with Gasteiger partial charge in [-0.05, 0) is 25.5 Å². The lowest BCUT2D eigenvalue weighted by Crippen LogP contribution is -2.26. The van der Waals surface area contributed by atoms with Crippen LogP contribution in [0.2, 0.25) is 0 Å². The van der Waals surface area contributed by atoms with Gasteiger partial charge < -0.3 is 15.1 Å². The molecule has 8 heteroatoms. The third-order valence-corrected chi connectivity index (χ3v) is 2.97. The molecule has 0 fully saturated rings. The van der Waals surface area contributed by atoms with E-state index in [2.05, 4.69) is 15.6 Å². The first kappa shape index (κ1) is 15.5. The lowest BCUT2D eigenvalue weighted by Gasteiger charge is -2.06. The Morgan fingerprint density at radius 2 is 2.18 bits per heavy atom. The maximum atomic E-state index is 11.8. The van der Waals surface area contributed by atoms with Crippen molar-refractivity contribution < 1.29 is 14.1 Å². The molecule has 2 heterocycles. The Balaban J connectivity index is 1.68. The Hall–Kier alpha value is -2.90. The summed E-state index contributed by atoms with van der Waals surface area (Å²) in [6.07, 6.45) is 3.36. The zero-order valence-corrected chi connectivity index (χ0v) is 12.0. The van der Waals surface area contributed by atoms with Gasteiger partial charge in [0.1, 0.15) is 12.0 Å². The fourth-order valence-electron chi connectivity index (χ4n) is 1.79. The Morgan fingerprint density at radius 3 is 2.77 bits per heavy atom. The second-order valence-corrected chi connectivity index (χ2v) is 4.63. The number of carbonyl (C=O) groups excluding carboxylic acids is 1. The van der Waals surface area contributed by atoms with Gasteiger partial charge in [-0.1, -0.05) is 0 Å². The van der Waals surface area contributed by atoms with Crippen molar-refractivity contribution in [3.63, 3.8) is 0 Å². The monoisotopic (exact) mass is 304 g/mol. The van der Waals surface area contributed by atoms with Crippen molar-refractivity contribution in [3.8, 4) is 0 Å². The first-order chi connectivity index (χ1) is 10.6. The van der Waals surface area contributed by atoms with E-state index in [4.69, 9.17) is 4.42 Å². The van der Waals surface area contributed by atoms with Crippen molar-refractivity contribution in [2.45, 2.75) is 13.3 Å². The van der Waals surface area contributed by atoms with Crippen molar-refractivity contribution in [2.75, 3.05) is 18.4 Å². The van der Waals surface area contributed by atoms with Gasteiger partial charge in [0, 0.05) is 24.7 Å². The number of nitrogens with one attached hydrogen (secondary N) is 2. The van der Waals surface area contributed by atoms with Crippen LogP contribution in [0.15, 0.2) is 35.1 Å². The molecule has 0 saturated carbocycles. The molecule has 0 atom stereocenters. The van der Waals surface area contributed by atoms with Crippen LogP contribution >= 0.6 is 0 Å². The molecule has 22 heavy (non-hydrogen) atoms. The first-order valence-corrected chi connectivity index (χ1v) is 6.74. The van der Waals surface area contributed by atoms with Crippen molar-refractivity contribution >= 4 is 17.4 Å². The molecule has 2 rings (SSSR count). The van der Waals surface area contributed by atoms with Crippen molar-refractivity contribution in [3.05, 3.63) is 52.1 Å². The Bertz CT molecular complexity index is 651. The maximum absolute atomic E-state index is 11.8. The number of hydrogen-bond acceptors (Lipinski definition) is 6. The van der Waals surface area contributed by atoms with Crippen LogP contribution in [0.25, 0.3) is 0 Å². The number of amides is 1. The molecule has 0 radical (unpaired) electrons. The van der Waals surface area contributed by atoms with Gasteiger partial charge >= 0.3 is 0 Å². The summed E-state index contributed by atoms with van der Waals surface area (Å²) in [7, 11) is 0. The molecule has 0 aromatic carbocycles. The van der Waals surface area contributed by atoms with Crippen LogP contribution in [-0.4, -0.2) is 28.9 Å². The van der Waals surface area contributed by atoms with Crippen LogP contribution < -0.4 is 10.6 Å². The number of nitro groups is 1. The summed E-state index contributed by atoms with van der Waals surface area (Å²) in [6.45, 7) is 2.88. The molecule has 0 spiro atoms. The lowest BCUT2D eigenvalue weighted by atomic mass is 10.2. The molecule has 0 saturated heterocycles. The molecule has 0 aliphatic carbocycles. The van der Waals surface area contributed by atoms with E-state index in [9.17, 15) is 14.9 Å². The highest BCUT2D eigenvalue weighted by Crippen LogP contribution is 2.11. The average molecular weight is 304 g/mol. The predicted molar refractivity (Wildman–Crippen MR) is 79.8 cm³/mol. The molecule has 0 aliphatic heterocycles. The Morgan fingerprint density at radius 1 is 1.36 bits per heavy atom. The smallest absolute Gasteiger partial charge is 0.287 e. The summed E-state index contributed by atoms with van der Waals surface area (Å²) >= 11 is 0. The summed E-state index contributed by atoms with van der Waals surface area (Å²) in [4.78, 5) is 25.7. The average Bonchev–Trinajstić information content (AvgIpc) is 2.93. The predicted octanol–water partition coefficient (Wildman–Crippen LogP) is 2.12. The highest BCUT2D eigenvalue weighted by molar-refractivity contribution is 5.92. The van der Waals surface area contributed by atoms with Gasteiger partial charge in [0.2, 0.25) is 0 Å². The molecule has 0 aliphatic rings. The van der Waals surface area contributed by atoms with Crippen LogP contribution in [0.1, 0.15) is 22.5 Å². The second-order valence-electron chi connectivity index (χ2n) is 4.63. The van der Waals surface area contributed by atoms with Crippen molar-refractivity contribution in [1.29, 1.82) is 0 Å². The van der Waals surface area contributed by atoms with E-state index in [0.29, 0.717) is 31.1 Å². The minimum absolute atomic E-state index is 0.0494. The van der Waals surface area contributed by atoms with Gasteiger partial charge in [0.15, 0.2) is 5.76 Å². The van der Waals surface area contributed by atoms with Gasteiger partial charge in [0.25, 0.3) is 11.6 Å². The van der Waals surface area contributed by atoms with E-state index in [1.807, 2.05) is 0 Å². The summed E-state index contributed by atoms with van der Waals surface area (Å²) in [6, 6.07) is 4.66. The molecule has 1 amide bonds. The minimum atomic E-state index is -0.497. The number of aromatic nitrogens is 1. The lowest BCUT2D eigenvalue weighted by molar-refractivity contribution is -0.385. The van der Waals surface area contributed by atoms with E-state index in [-0.39, 0.29) is 11.6 Å². The van der Waals surface area contributed by atoms with Crippen LogP contribution in [0.5, 0.6) is 0 Å². The molecule has 8 nitrogen and oxygen atoms in total. The van der Waals surface area contributed by atoms with E-state index in [1.165, 1.54) is 18.5 Å². The molecular formula is C14H16N4O4. The van der Waals surface area contributed by atoms with E-state index >= 15 is 0 Å². The molecular weight excluding hydrogens is 288 g/mol. The van der Waals surface area contributed by atoms with Gasteiger partial charge in [-0.15, -0.1) is 0 Å². The molecule has 116 valence electrons. The van der Waals surface area contributed by atoms with Gasteiger partial charge in [-0.3, -0.25) is 14.9 Å². The number of furan rings is 1. The second kappa shape index (κ2) is 7.21. The standard InChI is InChI=1S/C14H16N4O4/c1-10-5-8-22-13(10)14(19)16-7-2-6-15-12-4-3-11(9-17-12)18(20)21/h3-5,8-9H,2,6-7H2,1H3,(H,15,17)(H,16,19). The van der Waals surface area contributed by atoms with Gasteiger partial charge in [-0.2, -0.15) is 0 Å². The largest absolute Gasteiger partial charge is 0.459 e. The van der Waals surface area contributed by atoms with Crippen molar-refractivity contribution in [2.24, 2.45) is 0 Å². The number of rotatable bonds is 7. The molecule has 0 unspecified atom stereocenters. The third kappa shape index (κ3) is 4.05. The molecule has 2 N–H and O–H groups in total. The molecule has 2 aromatic rings. The number of aryl methyl sites for hydroxylation is 1. The quantitative estimate of drug-likeness (QED) is 0.460. The van der Waals surface area contributed by atoms with E-state index < -0.39 is 4.92 Å². The number of carbonyl (C=O) groups is 1. The van der Waals surface area contributed by atoms with E-state index in [1.54, 1.807) is 19.1 Å². The minimum Gasteiger partial charge on any atom is -0.459 e. The van der Waals surface area contributed by atoms with Crippen molar-refractivity contribution in [1.82, 2.24) is 10.3 Å². The normalized spacial score (nSPS) is 10.2. The van der Waals surface area contributed by atoms with Gasteiger partial charge in [-0.25, -0.2) is 4.98 Å². The summed E-state index contributed by atoms with van der Waals surface area (Å²) < 4.78 is 5.09. The Kier molecular flexibility index (Phi) is 5.07. The van der Waals surface area contributed by atoms with Crippen LogP contribution in [0, 0.1) is 17.0 Å². The third-order valence-electron chi connectivity index (χ3n) is 2.97. The van der Waals surface area contributed by atoms with Crippen LogP contribution in [0.4, 0.5) is 11.5 Å². The summed E-state index contributed by atoms with van der Waals surface area (Å²) in [5.74, 6) is 0.639. The fourth-order valence-corrected chi connectivity index (χ4v) is 1.79.